The van der Waals surface area contributed by atoms with Crippen LogP contribution in [-0.2, 0) is 17.8 Å². The number of nitrogens with one attached hydrogen (secondary N) is 1. The van der Waals surface area contributed by atoms with Crippen LogP contribution in [0, 0.1) is 23.0 Å². The fourth-order valence-electron chi connectivity index (χ4n) is 3.67. The number of H-pyrrole nitrogens is 1. The summed E-state index contributed by atoms with van der Waals surface area (Å²) in [6.07, 6.45) is -0.0658. The number of benzene rings is 1. The van der Waals surface area contributed by atoms with E-state index in [1.807, 2.05) is 0 Å². The van der Waals surface area contributed by atoms with Gasteiger partial charge in [-0.2, -0.15) is 10.4 Å². The molecule has 6 nitrogen and oxygen atoms in total. The van der Waals surface area contributed by atoms with Gasteiger partial charge in [-0.05, 0) is 24.6 Å². The van der Waals surface area contributed by atoms with Crippen molar-refractivity contribution < 1.29 is 13.5 Å². The molecule has 4 rings (SSSR count). The van der Waals surface area contributed by atoms with Gasteiger partial charge in [-0.3, -0.25) is 10.00 Å². The molecule has 0 saturated carbocycles. The molecule has 0 bridgehead atoms. The molecular formula is C17H17F2N5O. The number of nitriles is 1. The van der Waals surface area contributed by atoms with E-state index < -0.39 is 23.8 Å². The first-order valence-corrected chi connectivity index (χ1v) is 8.09. The van der Waals surface area contributed by atoms with Gasteiger partial charge < -0.3 is 10.5 Å². The van der Waals surface area contributed by atoms with E-state index in [0.717, 1.165) is 29.5 Å². The standard InChI is InChI=1S/C17H17F2N5O/c18-9-1-2-13(19)11(3-9)17-14(21)4-10(8-25-17)24-6-12-15(5-20)22-23-16(12)7-24/h1-3,10,14,17H,4,6-8,21H2,(H,22,23). The maximum atomic E-state index is 14.0. The lowest BCUT2D eigenvalue weighted by atomic mass is 9.93. The zero-order valence-electron chi connectivity index (χ0n) is 13.4. The van der Waals surface area contributed by atoms with Crippen LogP contribution in [0.1, 0.15) is 35.0 Å². The Morgan fingerprint density at radius 3 is 2.96 bits per heavy atom. The first kappa shape index (κ1) is 16.1. The highest BCUT2D eigenvalue weighted by Crippen LogP contribution is 2.34. The number of fused-ring (bicyclic) bond motifs is 1. The number of hydrogen-bond acceptors (Lipinski definition) is 5. The summed E-state index contributed by atoms with van der Waals surface area (Å²) < 4.78 is 33.2. The van der Waals surface area contributed by atoms with Crippen LogP contribution in [0.2, 0.25) is 0 Å². The molecule has 3 N–H and O–H groups in total. The lowest BCUT2D eigenvalue weighted by Crippen LogP contribution is -2.47. The number of rotatable bonds is 2. The summed E-state index contributed by atoms with van der Waals surface area (Å²) in [5, 5.41) is 15.9. The predicted molar refractivity (Wildman–Crippen MR) is 84.0 cm³/mol. The maximum absolute atomic E-state index is 14.0. The summed E-state index contributed by atoms with van der Waals surface area (Å²) in [6.45, 7) is 1.62. The smallest absolute Gasteiger partial charge is 0.167 e. The highest BCUT2D eigenvalue weighted by molar-refractivity contribution is 5.36. The van der Waals surface area contributed by atoms with Crippen molar-refractivity contribution in [2.75, 3.05) is 6.61 Å². The normalized spacial score (nSPS) is 26.4. The van der Waals surface area contributed by atoms with E-state index in [1.54, 1.807) is 0 Å². The summed E-state index contributed by atoms with van der Waals surface area (Å²) in [7, 11) is 0. The Morgan fingerprint density at radius 1 is 1.36 bits per heavy atom. The second kappa shape index (κ2) is 6.19. The van der Waals surface area contributed by atoms with Crippen LogP contribution in [0.3, 0.4) is 0 Å². The molecule has 1 aromatic carbocycles. The Labute approximate surface area is 143 Å². The second-order valence-corrected chi connectivity index (χ2v) is 6.52. The van der Waals surface area contributed by atoms with Gasteiger partial charge in [-0.25, -0.2) is 8.78 Å². The average molecular weight is 345 g/mol. The molecule has 3 atom stereocenters. The minimum Gasteiger partial charge on any atom is -0.370 e. The molecule has 2 aliphatic heterocycles. The predicted octanol–water partition coefficient (Wildman–Crippen LogP) is 1.73. The maximum Gasteiger partial charge on any atom is 0.167 e. The lowest BCUT2D eigenvalue weighted by molar-refractivity contribution is -0.0533. The molecule has 2 aliphatic rings. The molecule has 3 unspecified atom stereocenters. The number of aromatic nitrogens is 2. The van der Waals surface area contributed by atoms with E-state index in [1.165, 1.54) is 0 Å². The first-order valence-electron chi connectivity index (χ1n) is 8.09. The highest BCUT2D eigenvalue weighted by Gasteiger charge is 2.37. The third-order valence-corrected chi connectivity index (χ3v) is 4.96. The van der Waals surface area contributed by atoms with Crippen LogP contribution in [0.25, 0.3) is 0 Å². The minimum absolute atomic E-state index is 0.0511. The fourth-order valence-corrected chi connectivity index (χ4v) is 3.67. The van der Waals surface area contributed by atoms with Gasteiger partial charge in [0.15, 0.2) is 5.69 Å². The summed E-state index contributed by atoms with van der Waals surface area (Å²) in [6, 6.07) is 5.00. The molecule has 1 aromatic heterocycles. The van der Waals surface area contributed by atoms with Crippen molar-refractivity contribution in [2.45, 2.75) is 37.7 Å². The Hall–Kier alpha value is -2.34. The molecule has 3 heterocycles. The molecule has 25 heavy (non-hydrogen) atoms. The Kier molecular flexibility index (Phi) is 4.00. The number of halogens is 2. The Morgan fingerprint density at radius 2 is 2.20 bits per heavy atom. The fraction of sp³-hybridized carbons (Fsp3) is 0.412. The van der Waals surface area contributed by atoms with Crippen molar-refractivity contribution in [1.82, 2.24) is 15.1 Å². The highest BCUT2D eigenvalue weighted by atomic mass is 19.1. The average Bonchev–Trinajstić information content (AvgIpc) is 3.17. The van der Waals surface area contributed by atoms with E-state index in [9.17, 15) is 8.78 Å². The topological polar surface area (TPSA) is 91.0 Å². The van der Waals surface area contributed by atoms with Crippen LogP contribution >= 0.6 is 0 Å². The summed E-state index contributed by atoms with van der Waals surface area (Å²) in [5.74, 6) is -1.02. The van der Waals surface area contributed by atoms with Gasteiger partial charge in [-0.15, -0.1) is 0 Å². The number of ether oxygens (including phenoxy) is 1. The molecule has 1 saturated heterocycles. The van der Waals surface area contributed by atoms with Gasteiger partial charge >= 0.3 is 0 Å². The minimum atomic E-state index is -0.663. The SMILES string of the molecule is N#Cc1n[nH]c2c1CN(C1COC(c3cc(F)ccc3F)C(N)C1)C2. The number of hydrogen-bond donors (Lipinski definition) is 2. The van der Waals surface area contributed by atoms with Gasteiger partial charge in [-0.1, -0.05) is 0 Å². The van der Waals surface area contributed by atoms with Crippen molar-refractivity contribution >= 4 is 0 Å². The van der Waals surface area contributed by atoms with E-state index in [4.69, 9.17) is 15.7 Å². The van der Waals surface area contributed by atoms with Crippen molar-refractivity contribution in [1.29, 1.82) is 5.26 Å². The molecule has 130 valence electrons. The molecule has 0 aliphatic carbocycles. The van der Waals surface area contributed by atoms with Gasteiger partial charge in [0.2, 0.25) is 0 Å². The van der Waals surface area contributed by atoms with Gasteiger partial charge in [0, 0.05) is 36.3 Å². The van der Waals surface area contributed by atoms with Crippen molar-refractivity contribution in [3.05, 3.63) is 52.3 Å². The second-order valence-electron chi connectivity index (χ2n) is 6.52. The zero-order valence-corrected chi connectivity index (χ0v) is 13.4. The van der Waals surface area contributed by atoms with E-state index >= 15 is 0 Å². The number of aromatic amines is 1. The van der Waals surface area contributed by atoms with Crippen molar-refractivity contribution in [2.24, 2.45) is 5.73 Å². The van der Waals surface area contributed by atoms with E-state index in [2.05, 4.69) is 21.2 Å². The first-order chi connectivity index (χ1) is 12.1. The zero-order chi connectivity index (χ0) is 17.6. The van der Waals surface area contributed by atoms with E-state index in [0.29, 0.717) is 31.8 Å². The molecular weight excluding hydrogens is 328 g/mol. The molecule has 0 amide bonds. The molecule has 2 aromatic rings. The third-order valence-electron chi connectivity index (χ3n) is 4.96. The Balaban J connectivity index is 1.47. The van der Waals surface area contributed by atoms with E-state index in [-0.39, 0.29) is 11.6 Å². The summed E-state index contributed by atoms with van der Waals surface area (Å²) in [4.78, 5) is 2.17. The van der Waals surface area contributed by atoms with Gasteiger partial charge in [0.1, 0.15) is 23.8 Å². The Bertz CT molecular complexity index is 846. The monoisotopic (exact) mass is 345 g/mol. The van der Waals surface area contributed by atoms with Crippen LogP contribution in [0.4, 0.5) is 8.78 Å². The number of nitrogens with zero attached hydrogens (tertiary/aromatic N) is 3. The van der Waals surface area contributed by atoms with Crippen LogP contribution < -0.4 is 5.73 Å². The molecule has 0 spiro atoms. The van der Waals surface area contributed by atoms with Crippen molar-refractivity contribution in [3.63, 3.8) is 0 Å². The van der Waals surface area contributed by atoms with Crippen LogP contribution in [-0.4, -0.2) is 33.8 Å². The lowest BCUT2D eigenvalue weighted by Gasteiger charge is -2.38. The van der Waals surface area contributed by atoms with Crippen LogP contribution in [0.15, 0.2) is 18.2 Å². The molecule has 1 fully saturated rings. The third kappa shape index (κ3) is 2.80. The van der Waals surface area contributed by atoms with Gasteiger partial charge in [0.25, 0.3) is 0 Å². The molecule has 8 heteroatoms. The summed E-state index contributed by atoms with van der Waals surface area (Å²) in [5.41, 5.74) is 8.63. The quantitative estimate of drug-likeness (QED) is 0.865. The van der Waals surface area contributed by atoms with Crippen LogP contribution in [0.5, 0.6) is 0 Å². The summed E-state index contributed by atoms with van der Waals surface area (Å²) >= 11 is 0. The van der Waals surface area contributed by atoms with Gasteiger partial charge in [0.05, 0.1) is 12.3 Å². The largest absolute Gasteiger partial charge is 0.370 e. The van der Waals surface area contributed by atoms with Crippen molar-refractivity contribution in [3.8, 4) is 6.07 Å². The molecule has 0 radical (unpaired) electrons. The number of nitrogens with two attached hydrogens (primary N) is 1.